The molecule has 0 aromatic carbocycles. The molecule has 2 saturated heterocycles. The van der Waals surface area contributed by atoms with Gasteiger partial charge in [0, 0.05) is 20.1 Å². The second-order valence-electron chi connectivity index (χ2n) is 4.58. The molecule has 1 N–H and O–H groups in total. The van der Waals surface area contributed by atoms with E-state index in [4.69, 9.17) is 4.74 Å². The van der Waals surface area contributed by atoms with E-state index in [1.807, 2.05) is 0 Å². The fraction of sp³-hybridized carbons (Fsp3) is 0.818. The van der Waals surface area contributed by atoms with Crippen molar-refractivity contribution in [2.24, 2.45) is 5.41 Å². The first-order valence-corrected chi connectivity index (χ1v) is 5.74. The van der Waals surface area contributed by atoms with E-state index in [0.717, 1.165) is 19.4 Å². The van der Waals surface area contributed by atoms with E-state index >= 15 is 0 Å². The van der Waals surface area contributed by atoms with Gasteiger partial charge in [-0.2, -0.15) is 0 Å². The third kappa shape index (κ3) is 1.85. The van der Waals surface area contributed by atoms with Crippen molar-refractivity contribution < 1.29 is 14.3 Å². The van der Waals surface area contributed by atoms with Crippen molar-refractivity contribution in [1.82, 2.24) is 10.2 Å². The van der Waals surface area contributed by atoms with Crippen LogP contribution < -0.4 is 5.32 Å². The van der Waals surface area contributed by atoms with Crippen molar-refractivity contribution in [2.45, 2.75) is 19.3 Å². The number of nitrogens with one attached hydrogen (secondary N) is 1. The minimum atomic E-state index is -0.455. The molecule has 2 aliphatic heterocycles. The third-order valence-corrected chi connectivity index (χ3v) is 3.48. The van der Waals surface area contributed by atoms with Gasteiger partial charge in [0.25, 0.3) is 0 Å². The summed E-state index contributed by atoms with van der Waals surface area (Å²) in [5, 5.41) is 3.21. The Labute approximate surface area is 95.1 Å². The minimum absolute atomic E-state index is 0.0123. The summed E-state index contributed by atoms with van der Waals surface area (Å²) in [4.78, 5) is 25.4. The molecule has 2 aliphatic rings. The molecule has 1 atom stereocenters. The number of amides is 2. The number of nitrogens with zero attached hydrogens (tertiary/aromatic N) is 1. The normalized spacial score (nSPS) is 30.4. The second-order valence-corrected chi connectivity index (χ2v) is 4.58. The average molecular weight is 226 g/mol. The van der Waals surface area contributed by atoms with Crippen molar-refractivity contribution in [3.8, 4) is 0 Å². The van der Waals surface area contributed by atoms with Crippen LogP contribution in [0.2, 0.25) is 0 Å². The summed E-state index contributed by atoms with van der Waals surface area (Å²) in [7, 11) is 1.57. The Hall–Kier alpha value is -0.940. The van der Waals surface area contributed by atoms with Crippen molar-refractivity contribution in [3.05, 3.63) is 0 Å². The molecule has 90 valence electrons. The summed E-state index contributed by atoms with van der Waals surface area (Å²) >= 11 is 0. The van der Waals surface area contributed by atoms with E-state index in [2.05, 4.69) is 5.32 Å². The average Bonchev–Trinajstić information content (AvgIpc) is 2.50. The quantitative estimate of drug-likeness (QED) is 0.675. The Morgan fingerprint density at radius 2 is 2.31 bits per heavy atom. The number of likely N-dealkylation sites (tertiary alicyclic amines) is 1. The Kier molecular flexibility index (Phi) is 3.25. The van der Waals surface area contributed by atoms with Gasteiger partial charge in [-0.05, 0) is 19.4 Å². The topological polar surface area (TPSA) is 58.6 Å². The summed E-state index contributed by atoms with van der Waals surface area (Å²) in [5.74, 6) is -0.0625. The van der Waals surface area contributed by atoms with Crippen LogP contribution in [0.25, 0.3) is 0 Å². The maximum absolute atomic E-state index is 12.2. The first-order valence-electron chi connectivity index (χ1n) is 5.74. The molecule has 0 bridgehead atoms. The molecule has 1 unspecified atom stereocenters. The molecular weight excluding hydrogens is 208 g/mol. The van der Waals surface area contributed by atoms with Crippen LogP contribution in [0.5, 0.6) is 0 Å². The van der Waals surface area contributed by atoms with Gasteiger partial charge in [0.1, 0.15) is 0 Å². The van der Waals surface area contributed by atoms with Crippen LogP contribution in [0.3, 0.4) is 0 Å². The molecule has 2 fully saturated rings. The highest BCUT2D eigenvalue weighted by Gasteiger charge is 2.51. The summed E-state index contributed by atoms with van der Waals surface area (Å²) in [5.41, 5.74) is -0.455. The van der Waals surface area contributed by atoms with Gasteiger partial charge in [0.15, 0.2) is 0 Å². The van der Waals surface area contributed by atoms with Gasteiger partial charge >= 0.3 is 0 Å². The molecule has 2 heterocycles. The lowest BCUT2D eigenvalue weighted by Gasteiger charge is -2.31. The molecule has 0 aromatic rings. The van der Waals surface area contributed by atoms with E-state index in [9.17, 15) is 9.59 Å². The highest BCUT2D eigenvalue weighted by Crippen LogP contribution is 2.38. The lowest BCUT2D eigenvalue weighted by Crippen LogP contribution is -2.46. The number of hydrogen-bond acceptors (Lipinski definition) is 4. The highest BCUT2D eigenvalue weighted by atomic mass is 16.5. The SMILES string of the molecule is COCCN1C(=O)CC2(CCCNC2)C1=O. The zero-order valence-corrected chi connectivity index (χ0v) is 9.62. The van der Waals surface area contributed by atoms with Crippen molar-refractivity contribution >= 4 is 11.8 Å². The van der Waals surface area contributed by atoms with E-state index in [-0.39, 0.29) is 11.8 Å². The number of carbonyl (C=O) groups excluding carboxylic acids is 2. The number of carbonyl (C=O) groups is 2. The fourth-order valence-electron chi connectivity index (χ4n) is 2.57. The summed E-state index contributed by atoms with van der Waals surface area (Å²) in [6, 6.07) is 0. The largest absolute Gasteiger partial charge is 0.383 e. The predicted molar refractivity (Wildman–Crippen MR) is 57.7 cm³/mol. The summed E-state index contributed by atoms with van der Waals surface area (Å²) < 4.78 is 4.91. The molecule has 0 aromatic heterocycles. The van der Waals surface area contributed by atoms with Crippen LogP contribution in [-0.4, -0.2) is 50.1 Å². The van der Waals surface area contributed by atoms with Crippen molar-refractivity contribution in [3.63, 3.8) is 0 Å². The first kappa shape index (κ1) is 11.5. The van der Waals surface area contributed by atoms with Crippen LogP contribution in [0.4, 0.5) is 0 Å². The maximum Gasteiger partial charge on any atom is 0.237 e. The third-order valence-electron chi connectivity index (χ3n) is 3.48. The van der Waals surface area contributed by atoms with Crippen molar-refractivity contribution in [2.75, 3.05) is 33.4 Å². The number of ether oxygens (including phenoxy) is 1. The molecule has 0 radical (unpaired) electrons. The van der Waals surface area contributed by atoms with Crippen LogP contribution >= 0.6 is 0 Å². The lowest BCUT2D eigenvalue weighted by atomic mass is 9.79. The van der Waals surface area contributed by atoms with Gasteiger partial charge in [-0.25, -0.2) is 0 Å². The molecule has 0 aliphatic carbocycles. The molecule has 16 heavy (non-hydrogen) atoms. The highest BCUT2D eigenvalue weighted by molar-refractivity contribution is 6.06. The van der Waals surface area contributed by atoms with Crippen LogP contribution in [0.1, 0.15) is 19.3 Å². The summed E-state index contributed by atoms with van der Waals surface area (Å²) in [6.45, 7) is 2.39. The minimum Gasteiger partial charge on any atom is -0.383 e. The molecular formula is C11H18N2O3. The van der Waals surface area contributed by atoms with Gasteiger partial charge in [0.05, 0.1) is 18.6 Å². The Bertz CT molecular complexity index is 298. The van der Waals surface area contributed by atoms with Crippen LogP contribution in [-0.2, 0) is 14.3 Å². The summed E-state index contributed by atoms with van der Waals surface area (Å²) in [6.07, 6.45) is 2.16. The number of rotatable bonds is 3. The molecule has 2 amide bonds. The van der Waals surface area contributed by atoms with Crippen LogP contribution in [0, 0.1) is 5.41 Å². The molecule has 0 saturated carbocycles. The Balaban J connectivity index is 2.08. The van der Waals surface area contributed by atoms with Crippen LogP contribution in [0.15, 0.2) is 0 Å². The van der Waals surface area contributed by atoms with E-state index in [1.165, 1.54) is 4.90 Å². The van der Waals surface area contributed by atoms with E-state index < -0.39 is 5.41 Å². The zero-order chi connectivity index (χ0) is 11.6. The first-order chi connectivity index (χ1) is 7.69. The van der Waals surface area contributed by atoms with Gasteiger partial charge in [0.2, 0.25) is 11.8 Å². The number of piperidine rings is 1. The Morgan fingerprint density at radius 1 is 1.50 bits per heavy atom. The zero-order valence-electron chi connectivity index (χ0n) is 9.62. The predicted octanol–water partition coefficient (Wildman–Crippen LogP) is -0.238. The molecule has 2 rings (SSSR count). The fourth-order valence-corrected chi connectivity index (χ4v) is 2.57. The lowest BCUT2D eigenvalue weighted by molar-refractivity contribution is -0.142. The van der Waals surface area contributed by atoms with Crippen molar-refractivity contribution in [1.29, 1.82) is 0 Å². The molecule has 5 nitrogen and oxygen atoms in total. The van der Waals surface area contributed by atoms with Gasteiger partial charge in [-0.3, -0.25) is 14.5 Å². The number of methoxy groups -OCH3 is 1. The standard InChI is InChI=1S/C11H18N2O3/c1-16-6-5-13-9(14)7-11(10(13)15)3-2-4-12-8-11/h12H,2-8H2,1H3. The number of imide groups is 1. The van der Waals surface area contributed by atoms with E-state index in [0.29, 0.717) is 26.1 Å². The van der Waals surface area contributed by atoms with Gasteiger partial charge < -0.3 is 10.1 Å². The maximum atomic E-state index is 12.2. The monoisotopic (exact) mass is 226 g/mol. The Morgan fingerprint density at radius 3 is 2.94 bits per heavy atom. The van der Waals surface area contributed by atoms with Gasteiger partial charge in [-0.15, -0.1) is 0 Å². The van der Waals surface area contributed by atoms with E-state index in [1.54, 1.807) is 7.11 Å². The smallest absolute Gasteiger partial charge is 0.237 e. The molecule has 5 heteroatoms. The second kappa shape index (κ2) is 4.51. The number of hydrogen-bond donors (Lipinski definition) is 1. The van der Waals surface area contributed by atoms with Gasteiger partial charge in [-0.1, -0.05) is 0 Å². The molecule has 1 spiro atoms.